The van der Waals surface area contributed by atoms with E-state index in [0.717, 1.165) is 24.7 Å². The smallest absolute Gasteiger partial charge is 0.158 e. The van der Waals surface area contributed by atoms with Crippen LogP contribution in [0, 0.1) is 5.92 Å². The number of nitrogens with zero attached hydrogens (tertiary/aromatic N) is 3. The molecule has 0 atom stereocenters. The van der Waals surface area contributed by atoms with Gasteiger partial charge in [-0.25, -0.2) is 10.8 Å². The highest BCUT2D eigenvalue weighted by atomic mass is 15.3. The van der Waals surface area contributed by atoms with Crippen molar-refractivity contribution in [2.24, 2.45) is 11.8 Å². The highest BCUT2D eigenvalue weighted by Gasteiger charge is 2.20. The second-order valence-corrected chi connectivity index (χ2v) is 4.66. The molecule has 0 aromatic carbocycles. The van der Waals surface area contributed by atoms with Crippen molar-refractivity contribution >= 4 is 5.82 Å². The molecule has 0 bridgehead atoms. The number of nitrogens with two attached hydrogens (primary N) is 1. The normalized spacial score (nSPS) is 15.9. The van der Waals surface area contributed by atoms with E-state index >= 15 is 0 Å². The SMILES string of the molecule is CCN(Cc1cnc(NN)cn1)CC1CCC1. The fraction of sp³-hybridized carbons (Fsp3) is 0.667. The van der Waals surface area contributed by atoms with E-state index in [1.165, 1.54) is 25.8 Å². The third kappa shape index (κ3) is 3.38. The summed E-state index contributed by atoms with van der Waals surface area (Å²) in [6, 6.07) is 0. The fourth-order valence-electron chi connectivity index (χ4n) is 2.09. The monoisotopic (exact) mass is 235 g/mol. The van der Waals surface area contributed by atoms with E-state index in [9.17, 15) is 0 Å². The van der Waals surface area contributed by atoms with Gasteiger partial charge in [-0.15, -0.1) is 0 Å². The Kier molecular flexibility index (Phi) is 4.28. The Bertz CT molecular complexity index is 333. The molecule has 0 aliphatic heterocycles. The minimum Gasteiger partial charge on any atom is -0.307 e. The van der Waals surface area contributed by atoms with Crippen LogP contribution < -0.4 is 11.3 Å². The van der Waals surface area contributed by atoms with Crippen molar-refractivity contribution in [2.75, 3.05) is 18.5 Å². The first kappa shape index (κ1) is 12.3. The summed E-state index contributed by atoms with van der Waals surface area (Å²) >= 11 is 0. The first-order valence-corrected chi connectivity index (χ1v) is 6.31. The van der Waals surface area contributed by atoms with Crippen LogP contribution in [-0.2, 0) is 6.54 Å². The van der Waals surface area contributed by atoms with Crippen LogP contribution in [-0.4, -0.2) is 28.0 Å². The van der Waals surface area contributed by atoms with E-state index in [1.807, 2.05) is 0 Å². The summed E-state index contributed by atoms with van der Waals surface area (Å²) in [6.07, 6.45) is 7.64. The van der Waals surface area contributed by atoms with E-state index in [4.69, 9.17) is 5.84 Å². The first-order valence-electron chi connectivity index (χ1n) is 6.31. The predicted octanol–water partition coefficient (Wildman–Crippen LogP) is 1.38. The molecule has 2 rings (SSSR count). The zero-order chi connectivity index (χ0) is 12.1. The third-order valence-electron chi connectivity index (χ3n) is 3.43. The largest absolute Gasteiger partial charge is 0.307 e. The molecule has 5 nitrogen and oxygen atoms in total. The van der Waals surface area contributed by atoms with Gasteiger partial charge < -0.3 is 5.43 Å². The molecule has 3 N–H and O–H groups in total. The summed E-state index contributed by atoms with van der Waals surface area (Å²) in [5, 5.41) is 0. The lowest BCUT2D eigenvalue weighted by atomic mass is 9.85. The number of aromatic nitrogens is 2. The number of hydrogen-bond acceptors (Lipinski definition) is 5. The number of anilines is 1. The number of hydrazine groups is 1. The molecular weight excluding hydrogens is 214 g/mol. The molecule has 0 radical (unpaired) electrons. The van der Waals surface area contributed by atoms with E-state index in [-0.39, 0.29) is 0 Å². The molecule has 0 unspecified atom stereocenters. The molecule has 0 saturated heterocycles. The highest BCUT2D eigenvalue weighted by Crippen LogP contribution is 2.27. The summed E-state index contributed by atoms with van der Waals surface area (Å²) in [4.78, 5) is 10.9. The molecule has 5 heteroatoms. The Balaban J connectivity index is 1.87. The number of nitrogens with one attached hydrogen (secondary N) is 1. The average molecular weight is 235 g/mol. The van der Waals surface area contributed by atoms with Gasteiger partial charge in [0.25, 0.3) is 0 Å². The van der Waals surface area contributed by atoms with Crippen molar-refractivity contribution in [2.45, 2.75) is 32.7 Å². The van der Waals surface area contributed by atoms with Crippen LogP contribution in [0.4, 0.5) is 5.82 Å². The standard InChI is InChI=1S/C12H21N5/c1-2-17(8-10-4-3-5-10)9-11-6-15-12(16-13)7-14-11/h6-7,10H,2-5,8-9,13H2,1H3,(H,15,16). The molecule has 94 valence electrons. The van der Waals surface area contributed by atoms with Crippen LogP contribution in [0.2, 0.25) is 0 Å². The van der Waals surface area contributed by atoms with E-state index in [0.29, 0.717) is 5.82 Å². The van der Waals surface area contributed by atoms with Crippen molar-refractivity contribution in [3.8, 4) is 0 Å². The molecular formula is C12H21N5. The van der Waals surface area contributed by atoms with Gasteiger partial charge in [0.15, 0.2) is 5.82 Å². The van der Waals surface area contributed by atoms with Gasteiger partial charge in [0.2, 0.25) is 0 Å². The van der Waals surface area contributed by atoms with Crippen LogP contribution in [0.15, 0.2) is 12.4 Å². The van der Waals surface area contributed by atoms with Gasteiger partial charge in [0, 0.05) is 13.1 Å². The Labute approximate surface area is 102 Å². The zero-order valence-electron chi connectivity index (χ0n) is 10.4. The average Bonchev–Trinajstić information content (AvgIpc) is 2.33. The lowest BCUT2D eigenvalue weighted by Crippen LogP contribution is -2.32. The topological polar surface area (TPSA) is 67.1 Å². The van der Waals surface area contributed by atoms with Crippen LogP contribution in [0.1, 0.15) is 31.9 Å². The summed E-state index contributed by atoms with van der Waals surface area (Å²) in [7, 11) is 0. The molecule has 1 aliphatic rings. The number of nitrogen functional groups attached to an aromatic ring is 1. The van der Waals surface area contributed by atoms with E-state index < -0.39 is 0 Å². The van der Waals surface area contributed by atoms with Gasteiger partial charge in [-0.1, -0.05) is 13.3 Å². The minimum absolute atomic E-state index is 0.607. The minimum atomic E-state index is 0.607. The maximum absolute atomic E-state index is 5.26. The summed E-state index contributed by atoms with van der Waals surface area (Å²) < 4.78 is 0. The van der Waals surface area contributed by atoms with Gasteiger partial charge in [-0.05, 0) is 25.3 Å². The van der Waals surface area contributed by atoms with Crippen molar-refractivity contribution in [1.29, 1.82) is 0 Å². The molecule has 1 saturated carbocycles. The second-order valence-electron chi connectivity index (χ2n) is 4.66. The Hall–Kier alpha value is -1.20. The summed E-state index contributed by atoms with van der Waals surface area (Å²) in [5.41, 5.74) is 3.49. The quantitative estimate of drug-likeness (QED) is 0.576. The second kappa shape index (κ2) is 5.93. The van der Waals surface area contributed by atoms with Gasteiger partial charge in [-0.2, -0.15) is 0 Å². The fourth-order valence-corrected chi connectivity index (χ4v) is 2.09. The lowest BCUT2D eigenvalue weighted by Gasteiger charge is -2.31. The van der Waals surface area contributed by atoms with Crippen molar-refractivity contribution in [3.63, 3.8) is 0 Å². The lowest BCUT2D eigenvalue weighted by molar-refractivity contribution is 0.176. The number of rotatable bonds is 6. The maximum Gasteiger partial charge on any atom is 0.158 e. The zero-order valence-corrected chi connectivity index (χ0v) is 10.4. The van der Waals surface area contributed by atoms with Crippen molar-refractivity contribution in [1.82, 2.24) is 14.9 Å². The van der Waals surface area contributed by atoms with E-state index in [2.05, 4.69) is 27.2 Å². The van der Waals surface area contributed by atoms with Gasteiger partial charge >= 0.3 is 0 Å². The molecule has 17 heavy (non-hydrogen) atoms. The van der Waals surface area contributed by atoms with Crippen LogP contribution >= 0.6 is 0 Å². The van der Waals surface area contributed by atoms with Crippen molar-refractivity contribution < 1.29 is 0 Å². The van der Waals surface area contributed by atoms with Gasteiger partial charge in [0.1, 0.15) is 0 Å². The van der Waals surface area contributed by atoms with Crippen molar-refractivity contribution in [3.05, 3.63) is 18.1 Å². The Morgan fingerprint density at radius 2 is 2.24 bits per heavy atom. The molecule has 1 aliphatic carbocycles. The molecule has 1 fully saturated rings. The first-order chi connectivity index (χ1) is 8.31. The molecule has 0 spiro atoms. The van der Waals surface area contributed by atoms with Crippen LogP contribution in [0.5, 0.6) is 0 Å². The Morgan fingerprint density at radius 1 is 1.41 bits per heavy atom. The van der Waals surface area contributed by atoms with Crippen LogP contribution in [0.3, 0.4) is 0 Å². The summed E-state index contributed by atoms with van der Waals surface area (Å²) in [6.45, 7) is 5.33. The Morgan fingerprint density at radius 3 is 2.71 bits per heavy atom. The van der Waals surface area contributed by atoms with Gasteiger partial charge in [-0.3, -0.25) is 9.88 Å². The molecule has 1 aromatic heterocycles. The maximum atomic E-state index is 5.26. The number of hydrogen-bond donors (Lipinski definition) is 2. The van der Waals surface area contributed by atoms with E-state index in [1.54, 1.807) is 12.4 Å². The highest BCUT2D eigenvalue weighted by molar-refractivity contribution is 5.28. The molecule has 1 aromatic rings. The molecule has 0 amide bonds. The van der Waals surface area contributed by atoms with Gasteiger partial charge in [0.05, 0.1) is 18.1 Å². The summed E-state index contributed by atoms with van der Waals surface area (Å²) in [5.74, 6) is 6.76. The molecule has 1 heterocycles. The third-order valence-corrected chi connectivity index (χ3v) is 3.43. The van der Waals surface area contributed by atoms with Crippen LogP contribution in [0.25, 0.3) is 0 Å². The predicted molar refractivity (Wildman–Crippen MR) is 68.1 cm³/mol.